The summed E-state index contributed by atoms with van der Waals surface area (Å²) in [5.74, 6) is -1.34. The number of amides is 2. The highest BCUT2D eigenvalue weighted by Crippen LogP contribution is 2.23. The molecule has 1 fully saturated rings. The van der Waals surface area contributed by atoms with Crippen molar-refractivity contribution in [2.75, 3.05) is 23.3 Å². The van der Waals surface area contributed by atoms with Crippen molar-refractivity contribution in [1.82, 2.24) is 15.1 Å². The Morgan fingerprint density at radius 2 is 1.78 bits per heavy atom. The van der Waals surface area contributed by atoms with Crippen molar-refractivity contribution in [1.29, 1.82) is 0 Å². The first-order valence-corrected chi connectivity index (χ1v) is 12.3. The van der Waals surface area contributed by atoms with Gasteiger partial charge in [0.1, 0.15) is 17.6 Å². The zero-order valence-corrected chi connectivity index (χ0v) is 20.2. The molecule has 4 rings (SSSR count). The summed E-state index contributed by atoms with van der Waals surface area (Å²) in [5.41, 5.74) is 1.57. The van der Waals surface area contributed by atoms with Crippen LogP contribution in [0.1, 0.15) is 49.5 Å². The Labute approximate surface area is 209 Å². The number of carbonyl (C=O) groups is 2. The van der Waals surface area contributed by atoms with Gasteiger partial charge in [-0.2, -0.15) is 9.78 Å². The molecule has 0 bridgehead atoms. The maximum atomic E-state index is 13.3. The lowest BCUT2D eigenvalue weighted by Crippen LogP contribution is -2.44. The predicted octanol–water partition coefficient (Wildman–Crippen LogP) is 3.90. The van der Waals surface area contributed by atoms with Crippen LogP contribution < -0.4 is 21.1 Å². The molecule has 1 aliphatic heterocycles. The highest BCUT2D eigenvalue weighted by Gasteiger charge is 2.23. The lowest BCUT2D eigenvalue weighted by molar-refractivity contribution is -0.118. The van der Waals surface area contributed by atoms with E-state index in [2.05, 4.69) is 20.6 Å². The normalized spacial score (nSPS) is 13.9. The molecule has 0 saturated carbocycles. The van der Waals surface area contributed by atoms with Gasteiger partial charge < -0.3 is 15.5 Å². The second kappa shape index (κ2) is 11.6. The third-order valence-corrected chi connectivity index (χ3v) is 6.16. The minimum Gasteiger partial charge on any atom is -0.371 e. The lowest BCUT2D eigenvalue weighted by Gasteiger charge is -2.20. The fraction of sp³-hybridized carbons (Fsp3) is 0.333. The summed E-state index contributed by atoms with van der Waals surface area (Å²) >= 11 is 0. The Kier molecular flexibility index (Phi) is 8.10. The van der Waals surface area contributed by atoms with Gasteiger partial charge in [-0.25, -0.2) is 4.39 Å². The van der Waals surface area contributed by atoms with Crippen LogP contribution in [0, 0.1) is 5.82 Å². The quantitative estimate of drug-likeness (QED) is 0.473. The molecule has 8 nitrogen and oxygen atoms in total. The molecule has 188 valence electrons. The average molecular weight is 492 g/mol. The summed E-state index contributed by atoms with van der Waals surface area (Å²) in [6, 6.07) is 14.7. The van der Waals surface area contributed by atoms with Crippen LogP contribution in [0.25, 0.3) is 5.69 Å². The lowest BCUT2D eigenvalue weighted by atomic mass is 10.1. The number of aromatic nitrogens is 2. The molecule has 2 heterocycles. The van der Waals surface area contributed by atoms with Crippen LogP contribution in [-0.4, -0.2) is 40.7 Å². The van der Waals surface area contributed by atoms with Crippen molar-refractivity contribution in [3.8, 4) is 5.69 Å². The van der Waals surface area contributed by atoms with Crippen LogP contribution in [0.5, 0.6) is 0 Å². The summed E-state index contributed by atoms with van der Waals surface area (Å²) in [6.07, 6.45) is 4.37. The maximum Gasteiger partial charge on any atom is 0.272 e. The van der Waals surface area contributed by atoms with Gasteiger partial charge in [0.05, 0.1) is 5.69 Å². The van der Waals surface area contributed by atoms with Gasteiger partial charge in [-0.15, -0.1) is 0 Å². The molecule has 1 unspecified atom stereocenters. The van der Waals surface area contributed by atoms with Gasteiger partial charge in [-0.05, 0) is 67.8 Å². The molecule has 1 saturated heterocycles. The third kappa shape index (κ3) is 6.16. The zero-order valence-electron chi connectivity index (χ0n) is 20.2. The Morgan fingerprint density at radius 1 is 1.03 bits per heavy atom. The molecule has 9 heteroatoms. The summed E-state index contributed by atoms with van der Waals surface area (Å²) in [7, 11) is 0. The van der Waals surface area contributed by atoms with Crippen LogP contribution in [0.4, 0.5) is 15.8 Å². The Morgan fingerprint density at radius 3 is 2.50 bits per heavy atom. The monoisotopic (exact) mass is 491 g/mol. The minimum absolute atomic E-state index is 0.0238. The first-order valence-electron chi connectivity index (χ1n) is 12.3. The molecule has 2 amide bonds. The standard InChI is InChI=1S/C27H30FN5O3/c1-2-3-9-23(26(35)29-20-7-6-8-22(18-20)32-16-4-5-17-32)30-27(36)24-14-15-25(34)33(31-24)21-12-10-19(28)11-13-21/h6-8,10-15,18,23H,2-5,9,16-17H2,1H3,(H,29,35)(H,30,36). The highest BCUT2D eigenvalue weighted by molar-refractivity contribution is 6.00. The van der Waals surface area contributed by atoms with E-state index in [-0.39, 0.29) is 11.6 Å². The van der Waals surface area contributed by atoms with Gasteiger partial charge in [0, 0.05) is 30.5 Å². The molecule has 1 aliphatic rings. The van der Waals surface area contributed by atoms with Gasteiger partial charge in [0.25, 0.3) is 11.5 Å². The molecule has 2 N–H and O–H groups in total. The molecule has 1 atom stereocenters. The van der Waals surface area contributed by atoms with Crippen molar-refractivity contribution in [3.63, 3.8) is 0 Å². The van der Waals surface area contributed by atoms with Gasteiger partial charge in [-0.3, -0.25) is 14.4 Å². The zero-order chi connectivity index (χ0) is 25.5. The first-order chi connectivity index (χ1) is 17.4. The molecule has 0 radical (unpaired) electrons. The number of anilines is 2. The van der Waals surface area contributed by atoms with Crippen LogP contribution >= 0.6 is 0 Å². The van der Waals surface area contributed by atoms with E-state index in [1.807, 2.05) is 31.2 Å². The number of hydrogen-bond donors (Lipinski definition) is 2. The molecule has 0 spiro atoms. The van der Waals surface area contributed by atoms with Crippen LogP contribution in [0.15, 0.2) is 65.5 Å². The van der Waals surface area contributed by atoms with Gasteiger partial charge in [0.15, 0.2) is 0 Å². The molecule has 3 aromatic rings. The highest BCUT2D eigenvalue weighted by atomic mass is 19.1. The fourth-order valence-corrected chi connectivity index (χ4v) is 4.19. The van der Waals surface area contributed by atoms with Gasteiger partial charge in [0.2, 0.25) is 5.91 Å². The molecule has 0 aliphatic carbocycles. The maximum absolute atomic E-state index is 13.3. The van der Waals surface area contributed by atoms with E-state index in [1.165, 1.54) is 36.4 Å². The van der Waals surface area contributed by atoms with Crippen molar-refractivity contribution in [3.05, 3.63) is 82.5 Å². The molecule has 1 aromatic heterocycles. The van der Waals surface area contributed by atoms with Crippen LogP contribution in [0.2, 0.25) is 0 Å². The molecule has 2 aromatic carbocycles. The van der Waals surface area contributed by atoms with E-state index in [0.29, 0.717) is 17.8 Å². The summed E-state index contributed by atoms with van der Waals surface area (Å²) in [5, 5.41) is 9.83. The van der Waals surface area contributed by atoms with Crippen molar-refractivity contribution in [2.45, 2.75) is 45.1 Å². The van der Waals surface area contributed by atoms with E-state index in [0.717, 1.165) is 49.1 Å². The molecular formula is C27H30FN5O3. The van der Waals surface area contributed by atoms with E-state index in [1.54, 1.807) is 0 Å². The van der Waals surface area contributed by atoms with Crippen molar-refractivity contribution >= 4 is 23.2 Å². The molecular weight excluding hydrogens is 461 g/mol. The number of hydrogen-bond acceptors (Lipinski definition) is 5. The second-order valence-corrected chi connectivity index (χ2v) is 8.85. The summed E-state index contributed by atoms with van der Waals surface area (Å²) in [4.78, 5) is 40.7. The number of benzene rings is 2. The van der Waals surface area contributed by atoms with Crippen molar-refractivity contribution in [2.24, 2.45) is 0 Å². The first kappa shape index (κ1) is 25.1. The Balaban J connectivity index is 1.49. The second-order valence-electron chi connectivity index (χ2n) is 8.85. The van der Waals surface area contributed by atoms with E-state index < -0.39 is 23.3 Å². The van der Waals surface area contributed by atoms with Crippen molar-refractivity contribution < 1.29 is 14.0 Å². The van der Waals surface area contributed by atoms with Crippen LogP contribution in [0.3, 0.4) is 0 Å². The number of halogens is 1. The number of nitrogens with one attached hydrogen (secondary N) is 2. The third-order valence-electron chi connectivity index (χ3n) is 6.16. The van der Waals surface area contributed by atoms with Gasteiger partial charge in [-0.1, -0.05) is 25.8 Å². The van der Waals surface area contributed by atoms with E-state index >= 15 is 0 Å². The average Bonchev–Trinajstić information content (AvgIpc) is 3.43. The minimum atomic E-state index is -0.777. The summed E-state index contributed by atoms with van der Waals surface area (Å²) < 4.78 is 14.3. The largest absolute Gasteiger partial charge is 0.371 e. The number of unbranched alkanes of at least 4 members (excludes halogenated alkanes) is 1. The van der Waals surface area contributed by atoms with Gasteiger partial charge >= 0.3 is 0 Å². The SMILES string of the molecule is CCCCC(NC(=O)c1ccc(=O)n(-c2ccc(F)cc2)n1)C(=O)Nc1cccc(N2CCCC2)c1. The van der Waals surface area contributed by atoms with E-state index in [9.17, 15) is 18.8 Å². The topological polar surface area (TPSA) is 96.3 Å². The Bertz CT molecular complexity index is 1270. The smallest absolute Gasteiger partial charge is 0.272 e. The Hall–Kier alpha value is -4.01. The predicted molar refractivity (Wildman–Crippen MR) is 137 cm³/mol. The van der Waals surface area contributed by atoms with Crippen LogP contribution in [-0.2, 0) is 4.79 Å². The number of rotatable bonds is 9. The van der Waals surface area contributed by atoms with E-state index in [4.69, 9.17) is 0 Å². The summed E-state index contributed by atoms with van der Waals surface area (Å²) in [6.45, 7) is 4.01. The number of carbonyl (C=O) groups excluding carboxylic acids is 2. The number of nitrogens with zero attached hydrogens (tertiary/aromatic N) is 3. The molecule has 36 heavy (non-hydrogen) atoms. The fourth-order valence-electron chi connectivity index (χ4n) is 4.19.